The minimum atomic E-state index is -0.00699. The van der Waals surface area contributed by atoms with Crippen molar-refractivity contribution in [2.24, 2.45) is 0 Å². The van der Waals surface area contributed by atoms with Crippen LogP contribution in [0, 0.1) is 13.8 Å². The highest BCUT2D eigenvalue weighted by molar-refractivity contribution is 5.74. The van der Waals surface area contributed by atoms with Gasteiger partial charge in [0.2, 0.25) is 0 Å². The number of carbonyl (C=O) groups is 1. The van der Waals surface area contributed by atoms with Gasteiger partial charge in [-0.3, -0.25) is 4.68 Å². The lowest BCUT2D eigenvalue weighted by molar-refractivity contribution is 0.0164. The van der Waals surface area contributed by atoms with E-state index in [0.717, 1.165) is 42.9 Å². The van der Waals surface area contributed by atoms with E-state index in [2.05, 4.69) is 24.3 Å². The van der Waals surface area contributed by atoms with Gasteiger partial charge in [-0.05, 0) is 40.5 Å². The second kappa shape index (κ2) is 7.63. The maximum absolute atomic E-state index is 12.4. The van der Waals surface area contributed by atoms with E-state index in [9.17, 15) is 4.79 Å². The maximum Gasteiger partial charge on any atom is 0.317 e. The molecule has 22 heavy (non-hydrogen) atoms. The van der Waals surface area contributed by atoms with Gasteiger partial charge in [0.05, 0.1) is 11.8 Å². The van der Waals surface area contributed by atoms with E-state index in [1.807, 2.05) is 23.4 Å². The molecule has 0 aliphatic carbocycles. The third-order valence-electron chi connectivity index (χ3n) is 4.32. The molecule has 1 aliphatic heterocycles. The van der Waals surface area contributed by atoms with Crippen molar-refractivity contribution < 1.29 is 9.53 Å². The molecular formula is C16H28N4O2. The summed E-state index contributed by atoms with van der Waals surface area (Å²) in [6, 6.07) is -0.00699. The SMILES string of the molecule is CCOC1CCCN(C(=O)NCc2c(C)nn(CC)c2C)C1. The highest BCUT2D eigenvalue weighted by Gasteiger charge is 2.24. The van der Waals surface area contributed by atoms with Crippen LogP contribution in [0.15, 0.2) is 0 Å². The number of carbonyl (C=O) groups excluding carboxylic acids is 1. The fraction of sp³-hybridized carbons (Fsp3) is 0.750. The Kier molecular flexibility index (Phi) is 5.83. The van der Waals surface area contributed by atoms with Crippen molar-refractivity contribution in [1.82, 2.24) is 20.0 Å². The average Bonchev–Trinajstić information content (AvgIpc) is 2.79. The Morgan fingerprint density at radius 3 is 2.82 bits per heavy atom. The van der Waals surface area contributed by atoms with Crippen molar-refractivity contribution in [2.45, 2.75) is 59.7 Å². The van der Waals surface area contributed by atoms with Crippen LogP contribution in [0.25, 0.3) is 0 Å². The lowest BCUT2D eigenvalue weighted by Gasteiger charge is -2.32. The Labute approximate surface area is 132 Å². The molecule has 0 radical (unpaired) electrons. The molecule has 2 heterocycles. The molecule has 0 bridgehead atoms. The van der Waals surface area contributed by atoms with Crippen LogP contribution in [0.1, 0.15) is 43.6 Å². The van der Waals surface area contributed by atoms with Gasteiger partial charge < -0.3 is 15.0 Å². The zero-order chi connectivity index (χ0) is 16.1. The Morgan fingerprint density at radius 1 is 1.41 bits per heavy atom. The van der Waals surface area contributed by atoms with Gasteiger partial charge in [-0.2, -0.15) is 5.10 Å². The molecule has 124 valence electrons. The van der Waals surface area contributed by atoms with Gasteiger partial charge in [-0.25, -0.2) is 4.79 Å². The molecule has 1 atom stereocenters. The smallest absolute Gasteiger partial charge is 0.317 e. The Bertz CT molecular complexity index is 510. The monoisotopic (exact) mass is 308 g/mol. The zero-order valence-electron chi connectivity index (χ0n) is 14.2. The standard InChI is InChI=1S/C16H28N4O2/c1-5-20-13(4)15(12(3)18-20)10-17-16(21)19-9-7-8-14(11-19)22-6-2/h14H,5-11H2,1-4H3,(H,17,21). The number of aryl methyl sites for hydroxylation is 2. The van der Waals surface area contributed by atoms with Gasteiger partial charge in [0.1, 0.15) is 0 Å². The van der Waals surface area contributed by atoms with Crippen molar-refractivity contribution >= 4 is 6.03 Å². The topological polar surface area (TPSA) is 59.4 Å². The molecular weight excluding hydrogens is 280 g/mol. The first-order valence-corrected chi connectivity index (χ1v) is 8.24. The normalized spacial score (nSPS) is 18.5. The fourth-order valence-electron chi connectivity index (χ4n) is 3.07. The minimum absolute atomic E-state index is 0.00699. The summed E-state index contributed by atoms with van der Waals surface area (Å²) in [6.07, 6.45) is 2.22. The molecule has 2 rings (SSSR count). The number of aromatic nitrogens is 2. The Hall–Kier alpha value is -1.56. The molecule has 0 saturated carbocycles. The quantitative estimate of drug-likeness (QED) is 0.907. The molecule has 2 amide bonds. The molecule has 0 aromatic carbocycles. The second-order valence-corrected chi connectivity index (χ2v) is 5.79. The molecule has 6 nitrogen and oxygen atoms in total. The molecule has 1 aromatic rings. The lowest BCUT2D eigenvalue weighted by atomic mass is 10.1. The molecule has 1 saturated heterocycles. The van der Waals surface area contributed by atoms with Crippen LogP contribution >= 0.6 is 0 Å². The lowest BCUT2D eigenvalue weighted by Crippen LogP contribution is -2.47. The number of nitrogens with one attached hydrogen (secondary N) is 1. The van der Waals surface area contributed by atoms with E-state index >= 15 is 0 Å². The number of ether oxygens (including phenoxy) is 1. The summed E-state index contributed by atoms with van der Waals surface area (Å²) >= 11 is 0. The van der Waals surface area contributed by atoms with E-state index in [-0.39, 0.29) is 12.1 Å². The number of nitrogens with zero attached hydrogens (tertiary/aromatic N) is 3. The molecule has 1 aliphatic rings. The highest BCUT2D eigenvalue weighted by atomic mass is 16.5. The van der Waals surface area contributed by atoms with Gasteiger partial charge in [-0.1, -0.05) is 0 Å². The highest BCUT2D eigenvalue weighted by Crippen LogP contribution is 2.15. The van der Waals surface area contributed by atoms with Crippen molar-refractivity contribution in [3.63, 3.8) is 0 Å². The first kappa shape index (κ1) is 16.8. The van der Waals surface area contributed by atoms with Crippen LogP contribution in [0.4, 0.5) is 4.79 Å². The predicted octanol–water partition coefficient (Wildman–Crippen LogP) is 2.23. The number of hydrogen-bond donors (Lipinski definition) is 1. The largest absolute Gasteiger partial charge is 0.377 e. The second-order valence-electron chi connectivity index (χ2n) is 5.79. The summed E-state index contributed by atoms with van der Waals surface area (Å²) in [5.41, 5.74) is 3.24. The third-order valence-corrected chi connectivity index (χ3v) is 4.32. The number of rotatable bonds is 5. The van der Waals surface area contributed by atoms with Gasteiger partial charge in [0.25, 0.3) is 0 Å². The summed E-state index contributed by atoms with van der Waals surface area (Å²) in [6.45, 7) is 11.7. The molecule has 1 aromatic heterocycles. The van der Waals surface area contributed by atoms with Crippen LogP contribution in [0.2, 0.25) is 0 Å². The van der Waals surface area contributed by atoms with E-state index < -0.39 is 0 Å². The van der Waals surface area contributed by atoms with E-state index in [1.165, 1.54) is 0 Å². The fourth-order valence-corrected chi connectivity index (χ4v) is 3.07. The molecule has 0 spiro atoms. The van der Waals surface area contributed by atoms with Crippen LogP contribution in [-0.2, 0) is 17.8 Å². The summed E-state index contributed by atoms with van der Waals surface area (Å²) in [4.78, 5) is 14.2. The van der Waals surface area contributed by atoms with Gasteiger partial charge >= 0.3 is 6.03 Å². The number of urea groups is 1. The van der Waals surface area contributed by atoms with Crippen molar-refractivity contribution in [3.05, 3.63) is 17.0 Å². The molecule has 1 unspecified atom stereocenters. The molecule has 1 fully saturated rings. The van der Waals surface area contributed by atoms with Crippen LogP contribution in [0.5, 0.6) is 0 Å². The molecule has 6 heteroatoms. The van der Waals surface area contributed by atoms with Crippen molar-refractivity contribution in [2.75, 3.05) is 19.7 Å². The summed E-state index contributed by atoms with van der Waals surface area (Å²) < 4.78 is 7.62. The third kappa shape index (κ3) is 3.80. The van der Waals surface area contributed by atoms with Gasteiger partial charge in [-0.15, -0.1) is 0 Å². The van der Waals surface area contributed by atoms with Crippen LogP contribution in [0.3, 0.4) is 0 Å². The van der Waals surface area contributed by atoms with Crippen LogP contribution in [-0.4, -0.2) is 46.5 Å². The van der Waals surface area contributed by atoms with Crippen LogP contribution < -0.4 is 5.32 Å². The first-order valence-electron chi connectivity index (χ1n) is 8.24. The average molecular weight is 308 g/mol. The maximum atomic E-state index is 12.4. The summed E-state index contributed by atoms with van der Waals surface area (Å²) in [5, 5.41) is 7.52. The minimum Gasteiger partial charge on any atom is -0.377 e. The Balaban J connectivity index is 1.91. The van der Waals surface area contributed by atoms with Crippen molar-refractivity contribution in [3.8, 4) is 0 Å². The predicted molar refractivity (Wildman–Crippen MR) is 85.8 cm³/mol. The van der Waals surface area contributed by atoms with E-state index in [1.54, 1.807) is 0 Å². The number of likely N-dealkylation sites (tertiary alicyclic amines) is 1. The van der Waals surface area contributed by atoms with Gasteiger partial charge in [0, 0.05) is 44.0 Å². The summed E-state index contributed by atoms with van der Waals surface area (Å²) in [7, 11) is 0. The summed E-state index contributed by atoms with van der Waals surface area (Å²) in [5.74, 6) is 0. The number of hydrogen-bond acceptors (Lipinski definition) is 3. The van der Waals surface area contributed by atoms with E-state index in [4.69, 9.17) is 4.74 Å². The Morgan fingerprint density at radius 2 is 2.18 bits per heavy atom. The first-order chi connectivity index (χ1) is 10.6. The number of amides is 2. The number of piperidine rings is 1. The van der Waals surface area contributed by atoms with Gasteiger partial charge in [0.15, 0.2) is 0 Å². The van der Waals surface area contributed by atoms with E-state index in [0.29, 0.717) is 19.7 Å². The molecule has 1 N–H and O–H groups in total. The van der Waals surface area contributed by atoms with Crippen molar-refractivity contribution in [1.29, 1.82) is 0 Å². The zero-order valence-corrected chi connectivity index (χ0v) is 14.2.